The van der Waals surface area contributed by atoms with Crippen LogP contribution in [0.3, 0.4) is 0 Å². The zero-order valence-corrected chi connectivity index (χ0v) is 13.0. The fraction of sp³-hybridized carbons (Fsp3) is 0.875. The van der Waals surface area contributed by atoms with Crippen LogP contribution in [0.4, 0.5) is 0 Å². The van der Waals surface area contributed by atoms with E-state index in [1.54, 1.807) is 0 Å². The van der Waals surface area contributed by atoms with Gasteiger partial charge in [0.1, 0.15) is 0 Å². The summed E-state index contributed by atoms with van der Waals surface area (Å²) in [7, 11) is 0. The van der Waals surface area contributed by atoms with Crippen molar-refractivity contribution >= 4 is 11.9 Å². The van der Waals surface area contributed by atoms with Gasteiger partial charge in [-0.2, -0.15) is 0 Å². The molecule has 0 N–H and O–H groups in total. The van der Waals surface area contributed by atoms with Gasteiger partial charge in [0.2, 0.25) is 0 Å². The van der Waals surface area contributed by atoms with Gasteiger partial charge in [-0.25, -0.2) is 0 Å². The molecule has 3 unspecified atom stereocenters. The number of unbranched alkanes of at least 4 members (excludes halogenated alkanes) is 1. The minimum absolute atomic E-state index is 0.0339. The molecule has 4 nitrogen and oxygen atoms in total. The van der Waals surface area contributed by atoms with Gasteiger partial charge in [0.05, 0.1) is 19.1 Å². The molecule has 0 aromatic rings. The topological polar surface area (TPSA) is 52.6 Å². The lowest BCUT2D eigenvalue weighted by Crippen LogP contribution is -2.21. The number of esters is 2. The van der Waals surface area contributed by atoms with Gasteiger partial charge in [-0.15, -0.1) is 0 Å². The molecule has 1 aliphatic carbocycles. The lowest BCUT2D eigenvalue weighted by atomic mass is 9.94. The van der Waals surface area contributed by atoms with E-state index in [1.807, 2.05) is 6.92 Å². The van der Waals surface area contributed by atoms with Gasteiger partial charge in [-0.1, -0.05) is 26.7 Å². The first kappa shape index (κ1) is 17.0. The first-order valence-corrected chi connectivity index (χ1v) is 7.94. The van der Waals surface area contributed by atoms with E-state index in [2.05, 4.69) is 13.8 Å². The van der Waals surface area contributed by atoms with Crippen LogP contribution in [0, 0.1) is 17.8 Å². The molecule has 0 radical (unpaired) electrons. The summed E-state index contributed by atoms with van der Waals surface area (Å²) in [5, 5.41) is 0. The van der Waals surface area contributed by atoms with Crippen LogP contribution in [0.5, 0.6) is 0 Å². The van der Waals surface area contributed by atoms with E-state index in [0.717, 1.165) is 32.1 Å². The highest BCUT2D eigenvalue weighted by molar-refractivity contribution is 5.74. The summed E-state index contributed by atoms with van der Waals surface area (Å²) in [5.74, 6) is 0.364. The van der Waals surface area contributed by atoms with Crippen LogP contribution in [0.25, 0.3) is 0 Å². The molecule has 0 spiro atoms. The molecule has 1 aliphatic rings. The molecule has 1 rings (SSSR count). The molecule has 0 bridgehead atoms. The minimum atomic E-state index is -0.122. The maximum absolute atomic E-state index is 11.9. The zero-order valence-electron chi connectivity index (χ0n) is 13.0. The predicted molar refractivity (Wildman–Crippen MR) is 77.1 cm³/mol. The van der Waals surface area contributed by atoms with Gasteiger partial charge in [-0.3, -0.25) is 9.59 Å². The average Bonchev–Trinajstić information content (AvgIpc) is 2.82. The number of carbonyl (C=O) groups excluding carboxylic acids is 2. The molecule has 1 saturated carbocycles. The molecule has 0 amide bonds. The van der Waals surface area contributed by atoms with Gasteiger partial charge in [-0.05, 0) is 38.0 Å². The Labute approximate surface area is 122 Å². The highest BCUT2D eigenvalue weighted by Crippen LogP contribution is 2.40. The first-order chi connectivity index (χ1) is 9.62. The molecular formula is C16H28O4. The van der Waals surface area contributed by atoms with Crippen LogP contribution >= 0.6 is 0 Å². The smallest absolute Gasteiger partial charge is 0.309 e. The number of ether oxygens (including phenoxy) is 2. The highest BCUT2D eigenvalue weighted by atomic mass is 16.5. The van der Waals surface area contributed by atoms with Crippen molar-refractivity contribution in [1.29, 1.82) is 0 Å². The summed E-state index contributed by atoms with van der Waals surface area (Å²) in [4.78, 5) is 23.7. The Balaban J connectivity index is 2.41. The van der Waals surface area contributed by atoms with Crippen LogP contribution in [-0.2, 0) is 19.1 Å². The fourth-order valence-electron chi connectivity index (χ4n) is 3.02. The normalized spacial score (nSPS) is 25.4. The summed E-state index contributed by atoms with van der Waals surface area (Å²) in [6.07, 6.45) is 5.04. The van der Waals surface area contributed by atoms with E-state index >= 15 is 0 Å². The zero-order chi connectivity index (χ0) is 15.0. The monoisotopic (exact) mass is 284 g/mol. The molecule has 0 heterocycles. The van der Waals surface area contributed by atoms with Gasteiger partial charge in [0.25, 0.3) is 0 Å². The van der Waals surface area contributed by atoms with Gasteiger partial charge in [0, 0.05) is 6.42 Å². The molecule has 3 atom stereocenters. The van der Waals surface area contributed by atoms with E-state index in [9.17, 15) is 9.59 Å². The summed E-state index contributed by atoms with van der Waals surface area (Å²) < 4.78 is 10.3. The molecule has 0 aromatic heterocycles. The third-order valence-corrected chi connectivity index (χ3v) is 4.12. The van der Waals surface area contributed by atoms with Crippen molar-refractivity contribution < 1.29 is 19.1 Å². The Bertz CT molecular complexity index is 314. The van der Waals surface area contributed by atoms with Crippen molar-refractivity contribution in [3.8, 4) is 0 Å². The number of hydrogen-bond acceptors (Lipinski definition) is 4. The molecule has 0 aliphatic heterocycles. The molecule has 116 valence electrons. The summed E-state index contributed by atoms with van der Waals surface area (Å²) in [5.41, 5.74) is 0. The van der Waals surface area contributed by atoms with E-state index in [1.165, 1.54) is 0 Å². The Morgan fingerprint density at radius 1 is 1.10 bits per heavy atom. The molecule has 1 fully saturated rings. The second kappa shape index (κ2) is 8.98. The second-order valence-electron chi connectivity index (χ2n) is 5.64. The van der Waals surface area contributed by atoms with Gasteiger partial charge in [0.15, 0.2) is 0 Å². The standard InChI is InChI=1S/C16H28O4/c1-4-7-8-20-15(17)11-12-9-13(5-2)14(10-12)16(18)19-6-3/h12-14H,4-11H2,1-3H3. The van der Waals surface area contributed by atoms with Crippen LogP contribution in [0.2, 0.25) is 0 Å². The number of carbonyl (C=O) groups is 2. The summed E-state index contributed by atoms with van der Waals surface area (Å²) in [6, 6.07) is 0. The molecule has 4 heteroatoms. The average molecular weight is 284 g/mol. The lowest BCUT2D eigenvalue weighted by molar-refractivity contribution is -0.150. The molecular weight excluding hydrogens is 256 g/mol. The Morgan fingerprint density at radius 2 is 1.85 bits per heavy atom. The third-order valence-electron chi connectivity index (χ3n) is 4.12. The van der Waals surface area contributed by atoms with Crippen molar-refractivity contribution in [2.75, 3.05) is 13.2 Å². The van der Waals surface area contributed by atoms with Crippen LogP contribution < -0.4 is 0 Å². The highest BCUT2D eigenvalue weighted by Gasteiger charge is 2.39. The van der Waals surface area contributed by atoms with E-state index in [0.29, 0.717) is 25.6 Å². The van der Waals surface area contributed by atoms with Crippen molar-refractivity contribution in [1.82, 2.24) is 0 Å². The Hall–Kier alpha value is -1.06. The SMILES string of the molecule is CCCCOC(=O)CC1CC(CC)C(C(=O)OCC)C1. The van der Waals surface area contributed by atoms with E-state index < -0.39 is 0 Å². The van der Waals surface area contributed by atoms with E-state index in [4.69, 9.17) is 9.47 Å². The maximum Gasteiger partial charge on any atom is 0.309 e. The molecule has 0 saturated heterocycles. The third kappa shape index (κ3) is 5.14. The van der Waals surface area contributed by atoms with Crippen LogP contribution in [0.1, 0.15) is 59.3 Å². The maximum atomic E-state index is 11.9. The summed E-state index contributed by atoms with van der Waals surface area (Å²) in [6.45, 7) is 6.94. The lowest BCUT2D eigenvalue weighted by Gasteiger charge is -2.15. The van der Waals surface area contributed by atoms with Crippen LogP contribution in [0.15, 0.2) is 0 Å². The van der Waals surface area contributed by atoms with Crippen LogP contribution in [-0.4, -0.2) is 25.2 Å². The number of hydrogen-bond donors (Lipinski definition) is 0. The fourth-order valence-corrected chi connectivity index (χ4v) is 3.02. The Kier molecular flexibility index (Phi) is 7.63. The summed E-state index contributed by atoms with van der Waals surface area (Å²) >= 11 is 0. The van der Waals surface area contributed by atoms with Crippen molar-refractivity contribution in [2.45, 2.75) is 59.3 Å². The largest absolute Gasteiger partial charge is 0.466 e. The van der Waals surface area contributed by atoms with Crippen molar-refractivity contribution in [3.63, 3.8) is 0 Å². The van der Waals surface area contributed by atoms with Crippen molar-refractivity contribution in [2.24, 2.45) is 17.8 Å². The van der Waals surface area contributed by atoms with Gasteiger partial charge >= 0.3 is 11.9 Å². The first-order valence-electron chi connectivity index (χ1n) is 7.94. The van der Waals surface area contributed by atoms with Crippen molar-refractivity contribution in [3.05, 3.63) is 0 Å². The minimum Gasteiger partial charge on any atom is -0.466 e. The second-order valence-corrected chi connectivity index (χ2v) is 5.64. The quantitative estimate of drug-likeness (QED) is 0.507. The Morgan fingerprint density at radius 3 is 2.45 bits per heavy atom. The van der Waals surface area contributed by atoms with E-state index in [-0.39, 0.29) is 23.8 Å². The number of rotatable bonds is 8. The molecule has 0 aromatic carbocycles. The predicted octanol–water partition coefficient (Wildman–Crippen LogP) is 3.34. The molecule has 20 heavy (non-hydrogen) atoms. The van der Waals surface area contributed by atoms with Gasteiger partial charge < -0.3 is 9.47 Å².